The number of hydrogen-bond donors (Lipinski definition) is 1. The van der Waals surface area contributed by atoms with Crippen LogP contribution in [-0.4, -0.2) is 18.8 Å². The fourth-order valence-electron chi connectivity index (χ4n) is 1.97. The minimum Gasteiger partial charge on any atom is -0.388 e. The van der Waals surface area contributed by atoms with E-state index in [0.29, 0.717) is 18.4 Å². The third-order valence-electron chi connectivity index (χ3n) is 3.06. The second kappa shape index (κ2) is 6.77. The molecule has 0 radical (unpaired) electrons. The first-order valence-electron chi connectivity index (χ1n) is 6.31. The van der Waals surface area contributed by atoms with Crippen LogP contribution in [0.2, 0.25) is 0 Å². The molecule has 0 aliphatic rings. The van der Waals surface area contributed by atoms with Crippen molar-refractivity contribution in [3.05, 3.63) is 35.4 Å². The molecule has 0 fully saturated rings. The van der Waals surface area contributed by atoms with Crippen molar-refractivity contribution in [3.63, 3.8) is 0 Å². The first kappa shape index (κ1) is 14.2. The first-order valence-corrected chi connectivity index (χ1v) is 6.31. The second-order valence-corrected chi connectivity index (χ2v) is 5.13. The Morgan fingerprint density at radius 2 is 1.59 bits per heavy atom. The Kier molecular flexibility index (Phi) is 5.66. The van der Waals surface area contributed by atoms with E-state index in [1.807, 2.05) is 12.1 Å². The summed E-state index contributed by atoms with van der Waals surface area (Å²) in [6.07, 6.45) is 0.357. The molecule has 2 nitrogen and oxygen atoms in total. The zero-order valence-corrected chi connectivity index (χ0v) is 11.3. The van der Waals surface area contributed by atoms with Crippen LogP contribution in [-0.2, 0) is 4.74 Å². The first-order chi connectivity index (χ1) is 8.04. The van der Waals surface area contributed by atoms with Gasteiger partial charge in [0.2, 0.25) is 0 Å². The molecule has 17 heavy (non-hydrogen) atoms. The van der Waals surface area contributed by atoms with Gasteiger partial charge >= 0.3 is 0 Å². The number of benzene rings is 1. The van der Waals surface area contributed by atoms with Gasteiger partial charge in [-0.3, -0.25) is 0 Å². The number of ether oxygens (including phenoxy) is 1. The highest BCUT2D eigenvalue weighted by Crippen LogP contribution is 2.23. The average molecular weight is 236 g/mol. The molecule has 0 bridgehead atoms. The van der Waals surface area contributed by atoms with E-state index in [2.05, 4.69) is 32.9 Å². The normalized spacial score (nSPS) is 14.9. The molecule has 2 unspecified atom stereocenters. The molecule has 0 saturated heterocycles. The van der Waals surface area contributed by atoms with Crippen LogP contribution < -0.4 is 0 Å². The maximum Gasteiger partial charge on any atom is 0.0793 e. The van der Waals surface area contributed by atoms with Crippen molar-refractivity contribution in [2.24, 2.45) is 5.92 Å². The molecule has 0 heterocycles. The standard InChI is InChI=1S/C15H24O2/c1-11(2)13-5-7-14(8-6-13)15(16)9-12(3)10-17-4/h5-8,11-12,15-16H,9-10H2,1-4H3. The molecule has 96 valence electrons. The molecule has 0 amide bonds. The van der Waals surface area contributed by atoms with Gasteiger partial charge in [0.15, 0.2) is 0 Å². The third-order valence-corrected chi connectivity index (χ3v) is 3.06. The van der Waals surface area contributed by atoms with Crippen molar-refractivity contribution >= 4 is 0 Å². The van der Waals surface area contributed by atoms with Gasteiger partial charge in [-0.15, -0.1) is 0 Å². The number of aliphatic hydroxyl groups is 1. The van der Waals surface area contributed by atoms with Crippen LogP contribution in [0.3, 0.4) is 0 Å². The van der Waals surface area contributed by atoms with Crippen molar-refractivity contribution in [2.45, 2.75) is 39.2 Å². The topological polar surface area (TPSA) is 29.5 Å². The van der Waals surface area contributed by atoms with E-state index in [0.717, 1.165) is 12.0 Å². The highest BCUT2D eigenvalue weighted by Gasteiger charge is 2.12. The molecule has 1 rings (SSSR count). The van der Waals surface area contributed by atoms with E-state index in [1.54, 1.807) is 7.11 Å². The van der Waals surface area contributed by atoms with Gasteiger partial charge in [0.05, 0.1) is 6.10 Å². The minimum atomic E-state index is -0.388. The van der Waals surface area contributed by atoms with Gasteiger partial charge in [0.1, 0.15) is 0 Å². The maximum atomic E-state index is 10.1. The Bertz CT molecular complexity index is 316. The van der Waals surface area contributed by atoms with Crippen molar-refractivity contribution in [2.75, 3.05) is 13.7 Å². The summed E-state index contributed by atoms with van der Waals surface area (Å²) >= 11 is 0. The lowest BCUT2D eigenvalue weighted by atomic mass is 9.96. The molecular weight excluding hydrogens is 212 g/mol. The number of hydrogen-bond acceptors (Lipinski definition) is 2. The maximum absolute atomic E-state index is 10.1. The van der Waals surface area contributed by atoms with Crippen LogP contribution >= 0.6 is 0 Å². The fraction of sp³-hybridized carbons (Fsp3) is 0.600. The highest BCUT2D eigenvalue weighted by atomic mass is 16.5. The molecule has 0 aromatic heterocycles. The molecule has 0 aliphatic carbocycles. The molecule has 0 aliphatic heterocycles. The average Bonchev–Trinajstić information content (AvgIpc) is 2.29. The Morgan fingerprint density at radius 3 is 2.06 bits per heavy atom. The molecule has 2 heteroatoms. The van der Waals surface area contributed by atoms with Gasteiger partial charge in [-0.1, -0.05) is 45.0 Å². The van der Waals surface area contributed by atoms with Crippen molar-refractivity contribution < 1.29 is 9.84 Å². The molecule has 0 saturated carbocycles. The summed E-state index contributed by atoms with van der Waals surface area (Å²) in [5.74, 6) is 0.911. The largest absolute Gasteiger partial charge is 0.388 e. The lowest BCUT2D eigenvalue weighted by Gasteiger charge is -2.16. The molecular formula is C15H24O2. The van der Waals surface area contributed by atoms with Gasteiger partial charge in [-0.05, 0) is 29.4 Å². The van der Waals surface area contributed by atoms with Gasteiger partial charge in [-0.25, -0.2) is 0 Å². The fourth-order valence-corrected chi connectivity index (χ4v) is 1.97. The molecule has 2 atom stereocenters. The SMILES string of the molecule is COCC(C)CC(O)c1ccc(C(C)C)cc1. The quantitative estimate of drug-likeness (QED) is 0.819. The smallest absolute Gasteiger partial charge is 0.0793 e. The number of methoxy groups -OCH3 is 1. The zero-order chi connectivity index (χ0) is 12.8. The minimum absolute atomic E-state index is 0.375. The van der Waals surface area contributed by atoms with Crippen molar-refractivity contribution in [3.8, 4) is 0 Å². The molecule has 1 aromatic carbocycles. The highest BCUT2D eigenvalue weighted by molar-refractivity contribution is 5.26. The summed E-state index contributed by atoms with van der Waals surface area (Å²) in [7, 11) is 1.69. The Balaban J connectivity index is 2.60. The molecule has 0 spiro atoms. The lowest BCUT2D eigenvalue weighted by Crippen LogP contribution is -2.09. The lowest BCUT2D eigenvalue weighted by molar-refractivity contribution is 0.102. The van der Waals surface area contributed by atoms with E-state index < -0.39 is 0 Å². The summed E-state index contributed by atoms with van der Waals surface area (Å²) in [4.78, 5) is 0. The van der Waals surface area contributed by atoms with E-state index in [9.17, 15) is 5.11 Å². The van der Waals surface area contributed by atoms with Gasteiger partial charge < -0.3 is 9.84 Å². The van der Waals surface area contributed by atoms with Crippen LogP contribution in [0.5, 0.6) is 0 Å². The van der Waals surface area contributed by atoms with Crippen LogP contribution in [0.4, 0.5) is 0 Å². The van der Waals surface area contributed by atoms with Gasteiger partial charge in [0.25, 0.3) is 0 Å². The number of aliphatic hydroxyl groups excluding tert-OH is 1. The van der Waals surface area contributed by atoms with E-state index in [-0.39, 0.29) is 6.10 Å². The summed E-state index contributed by atoms with van der Waals surface area (Å²) in [5.41, 5.74) is 2.31. The van der Waals surface area contributed by atoms with Crippen LogP contribution in [0.15, 0.2) is 24.3 Å². The monoisotopic (exact) mass is 236 g/mol. The van der Waals surface area contributed by atoms with Crippen LogP contribution in [0, 0.1) is 5.92 Å². The van der Waals surface area contributed by atoms with Gasteiger partial charge in [-0.2, -0.15) is 0 Å². The molecule has 1 aromatic rings. The number of rotatable bonds is 6. The Hall–Kier alpha value is -0.860. The summed E-state index contributed by atoms with van der Waals surface area (Å²) < 4.78 is 5.08. The van der Waals surface area contributed by atoms with Crippen LogP contribution in [0.1, 0.15) is 50.3 Å². The third kappa shape index (κ3) is 4.49. The summed E-state index contributed by atoms with van der Waals surface area (Å²) in [6.45, 7) is 7.13. The van der Waals surface area contributed by atoms with Crippen molar-refractivity contribution in [1.82, 2.24) is 0 Å². The second-order valence-electron chi connectivity index (χ2n) is 5.13. The van der Waals surface area contributed by atoms with Crippen LogP contribution in [0.25, 0.3) is 0 Å². The van der Waals surface area contributed by atoms with Gasteiger partial charge in [0, 0.05) is 13.7 Å². The van der Waals surface area contributed by atoms with E-state index in [1.165, 1.54) is 5.56 Å². The zero-order valence-electron chi connectivity index (χ0n) is 11.3. The van der Waals surface area contributed by atoms with Crippen molar-refractivity contribution in [1.29, 1.82) is 0 Å². The predicted octanol–water partition coefficient (Wildman–Crippen LogP) is 3.52. The predicted molar refractivity (Wildman–Crippen MR) is 71.1 cm³/mol. The summed E-state index contributed by atoms with van der Waals surface area (Å²) in [6, 6.07) is 8.26. The Morgan fingerprint density at radius 1 is 1.06 bits per heavy atom. The van der Waals surface area contributed by atoms with E-state index >= 15 is 0 Å². The Labute approximate surface area is 105 Å². The molecule has 1 N–H and O–H groups in total. The van der Waals surface area contributed by atoms with E-state index in [4.69, 9.17) is 4.74 Å². The summed E-state index contributed by atoms with van der Waals surface area (Å²) in [5, 5.41) is 10.1.